The SMILES string of the molecule is Cc1cc(C(=O)NO)c2c(Cl)cc(Cl)cc2n1. The zero-order valence-corrected chi connectivity index (χ0v) is 10.3. The molecule has 0 fully saturated rings. The Balaban J connectivity index is 2.87. The van der Waals surface area contributed by atoms with Crippen LogP contribution in [0, 0.1) is 6.92 Å². The van der Waals surface area contributed by atoms with E-state index in [2.05, 4.69) is 4.98 Å². The van der Waals surface area contributed by atoms with Gasteiger partial charge in [0.15, 0.2) is 0 Å². The second-order valence-electron chi connectivity index (χ2n) is 3.53. The predicted molar refractivity (Wildman–Crippen MR) is 65.8 cm³/mol. The van der Waals surface area contributed by atoms with Gasteiger partial charge in [-0.05, 0) is 25.1 Å². The summed E-state index contributed by atoms with van der Waals surface area (Å²) in [6.07, 6.45) is 0. The molecular weight excluding hydrogens is 263 g/mol. The number of hydrogen-bond donors (Lipinski definition) is 2. The van der Waals surface area contributed by atoms with Gasteiger partial charge in [0.1, 0.15) is 0 Å². The molecule has 0 bridgehead atoms. The number of benzene rings is 1. The van der Waals surface area contributed by atoms with Crippen molar-refractivity contribution in [1.29, 1.82) is 0 Å². The number of aromatic nitrogens is 1. The molecule has 2 rings (SSSR count). The lowest BCUT2D eigenvalue weighted by Crippen LogP contribution is -2.19. The number of halogens is 2. The van der Waals surface area contributed by atoms with E-state index in [9.17, 15) is 4.79 Å². The maximum absolute atomic E-state index is 11.5. The minimum atomic E-state index is -0.635. The number of fused-ring (bicyclic) bond motifs is 1. The average Bonchev–Trinajstić information content (AvgIpc) is 2.25. The lowest BCUT2D eigenvalue weighted by atomic mass is 10.1. The van der Waals surface area contributed by atoms with Crippen LogP contribution < -0.4 is 5.48 Å². The van der Waals surface area contributed by atoms with Crippen LogP contribution in [0.1, 0.15) is 16.1 Å². The van der Waals surface area contributed by atoms with Gasteiger partial charge in [-0.3, -0.25) is 15.0 Å². The van der Waals surface area contributed by atoms with Crippen LogP contribution >= 0.6 is 23.2 Å². The molecule has 1 amide bonds. The molecule has 1 aromatic heterocycles. The Kier molecular flexibility index (Phi) is 3.19. The molecule has 0 atom stereocenters. The van der Waals surface area contributed by atoms with Crippen molar-refractivity contribution in [3.63, 3.8) is 0 Å². The van der Waals surface area contributed by atoms with Crippen LogP contribution in [0.3, 0.4) is 0 Å². The van der Waals surface area contributed by atoms with Crippen molar-refractivity contribution in [1.82, 2.24) is 10.5 Å². The van der Waals surface area contributed by atoms with Crippen molar-refractivity contribution in [2.75, 3.05) is 0 Å². The van der Waals surface area contributed by atoms with Crippen LogP contribution in [0.4, 0.5) is 0 Å². The summed E-state index contributed by atoms with van der Waals surface area (Å²) < 4.78 is 0. The first-order valence-electron chi connectivity index (χ1n) is 4.73. The van der Waals surface area contributed by atoms with Gasteiger partial charge in [0, 0.05) is 16.1 Å². The molecule has 0 aliphatic carbocycles. The summed E-state index contributed by atoms with van der Waals surface area (Å²) in [7, 11) is 0. The van der Waals surface area contributed by atoms with E-state index in [0.29, 0.717) is 26.6 Å². The minimum absolute atomic E-state index is 0.261. The maximum atomic E-state index is 11.5. The van der Waals surface area contributed by atoms with E-state index in [1.54, 1.807) is 24.5 Å². The zero-order valence-electron chi connectivity index (χ0n) is 8.79. The van der Waals surface area contributed by atoms with Gasteiger partial charge in [-0.2, -0.15) is 0 Å². The Labute approximate surface area is 107 Å². The van der Waals surface area contributed by atoms with Gasteiger partial charge in [-0.15, -0.1) is 0 Å². The molecule has 0 aliphatic rings. The number of carbonyl (C=O) groups excluding carboxylic acids is 1. The third-order valence-corrected chi connectivity index (χ3v) is 2.82. The largest absolute Gasteiger partial charge is 0.288 e. The van der Waals surface area contributed by atoms with E-state index < -0.39 is 5.91 Å². The number of pyridine rings is 1. The molecule has 0 saturated carbocycles. The number of hydroxylamine groups is 1. The third kappa shape index (κ3) is 2.20. The summed E-state index contributed by atoms with van der Waals surface area (Å²) in [5.74, 6) is -0.635. The molecule has 0 radical (unpaired) electrons. The summed E-state index contributed by atoms with van der Waals surface area (Å²) in [5, 5.41) is 9.92. The summed E-state index contributed by atoms with van der Waals surface area (Å²) in [5.41, 5.74) is 2.99. The Morgan fingerprint density at radius 2 is 2.06 bits per heavy atom. The van der Waals surface area contributed by atoms with E-state index in [1.165, 1.54) is 6.07 Å². The average molecular weight is 271 g/mol. The van der Waals surface area contributed by atoms with Crippen LogP contribution in [0.25, 0.3) is 10.9 Å². The molecular formula is C11H8Cl2N2O2. The predicted octanol–water partition coefficient (Wildman–Crippen LogP) is 2.97. The summed E-state index contributed by atoms with van der Waals surface area (Å²) in [6, 6.07) is 4.69. The second kappa shape index (κ2) is 4.49. The van der Waals surface area contributed by atoms with E-state index in [1.807, 2.05) is 0 Å². The van der Waals surface area contributed by atoms with Crippen molar-refractivity contribution in [2.24, 2.45) is 0 Å². The van der Waals surface area contributed by atoms with E-state index in [4.69, 9.17) is 28.4 Å². The van der Waals surface area contributed by atoms with Crippen molar-refractivity contribution >= 4 is 40.0 Å². The first-order valence-corrected chi connectivity index (χ1v) is 5.49. The number of aryl methyl sites for hydroxylation is 1. The quantitative estimate of drug-likeness (QED) is 0.619. The smallest absolute Gasteiger partial charge is 0.275 e. The Hall–Kier alpha value is -1.36. The molecule has 4 nitrogen and oxygen atoms in total. The van der Waals surface area contributed by atoms with Crippen LogP contribution in [-0.4, -0.2) is 16.1 Å². The number of nitrogens with zero attached hydrogens (tertiary/aromatic N) is 1. The van der Waals surface area contributed by atoms with Crippen molar-refractivity contribution < 1.29 is 10.0 Å². The first kappa shape index (κ1) is 12.1. The minimum Gasteiger partial charge on any atom is -0.288 e. The van der Waals surface area contributed by atoms with Crippen molar-refractivity contribution in [3.8, 4) is 0 Å². The summed E-state index contributed by atoms with van der Waals surface area (Å²) >= 11 is 11.9. The van der Waals surface area contributed by atoms with E-state index in [-0.39, 0.29) is 5.56 Å². The lowest BCUT2D eigenvalue weighted by Gasteiger charge is -2.08. The maximum Gasteiger partial charge on any atom is 0.275 e. The molecule has 0 aliphatic heterocycles. The highest BCUT2D eigenvalue weighted by Crippen LogP contribution is 2.30. The van der Waals surface area contributed by atoms with Gasteiger partial charge in [-0.1, -0.05) is 23.2 Å². The van der Waals surface area contributed by atoms with E-state index >= 15 is 0 Å². The van der Waals surface area contributed by atoms with E-state index in [0.717, 1.165) is 0 Å². The van der Waals surface area contributed by atoms with Gasteiger partial charge >= 0.3 is 0 Å². The number of carbonyl (C=O) groups is 1. The molecule has 88 valence electrons. The van der Waals surface area contributed by atoms with Crippen LogP contribution in [0.2, 0.25) is 10.0 Å². The van der Waals surface area contributed by atoms with Gasteiger partial charge in [-0.25, -0.2) is 5.48 Å². The fraction of sp³-hybridized carbons (Fsp3) is 0.0909. The molecule has 0 unspecified atom stereocenters. The number of nitrogens with one attached hydrogen (secondary N) is 1. The molecule has 17 heavy (non-hydrogen) atoms. The topological polar surface area (TPSA) is 62.2 Å². The first-order chi connectivity index (χ1) is 8.02. The van der Waals surface area contributed by atoms with Crippen molar-refractivity contribution in [3.05, 3.63) is 39.5 Å². The molecule has 1 heterocycles. The van der Waals surface area contributed by atoms with Crippen LogP contribution in [0.15, 0.2) is 18.2 Å². The second-order valence-corrected chi connectivity index (χ2v) is 4.38. The molecule has 2 N–H and O–H groups in total. The van der Waals surface area contributed by atoms with Gasteiger partial charge in [0.2, 0.25) is 0 Å². The van der Waals surface area contributed by atoms with Gasteiger partial charge < -0.3 is 0 Å². The number of amides is 1. The standard InChI is InChI=1S/C11H8Cl2N2O2/c1-5-2-7(11(16)15-17)10-8(13)3-6(12)4-9(10)14-5/h2-4,17H,1H3,(H,15,16). The summed E-state index contributed by atoms with van der Waals surface area (Å²) in [4.78, 5) is 15.8. The van der Waals surface area contributed by atoms with Crippen LogP contribution in [0.5, 0.6) is 0 Å². The Morgan fingerprint density at radius 3 is 2.71 bits per heavy atom. The summed E-state index contributed by atoms with van der Waals surface area (Å²) in [6.45, 7) is 1.74. The highest BCUT2D eigenvalue weighted by molar-refractivity contribution is 6.39. The zero-order chi connectivity index (χ0) is 12.6. The highest BCUT2D eigenvalue weighted by atomic mass is 35.5. The molecule has 2 aromatic rings. The third-order valence-electron chi connectivity index (χ3n) is 2.30. The fourth-order valence-electron chi connectivity index (χ4n) is 1.66. The number of hydrogen-bond acceptors (Lipinski definition) is 3. The molecule has 0 spiro atoms. The Morgan fingerprint density at radius 1 is 1.35 bits per heavy atom. The lowest BCUT2D eigenvalue weighted by molar-refractivity contribution is 0.0708. The highest BCUT2D eigenvalue weighted by Gasteiger charge is 2.14. The van der Waals surface area contributed by atoms with Gasteiger partial charge in [0.25, 0.3) is 5.91 Å². The molecule has 6 heteroatoms. The van der Waals surface area contributed by atoms with Crippen molar-refractivity contribution in [2.45, 2.75) is 6.92 Å². The Bertz CT molecular complexity index is 609. The molecule has 0 saturated heterocycles. The normalized spacial score (nSPS) is 10.6. The van der Waals surface area contributed by atoms with Crippen LogP contribution in [-0.2, 0) is 0 Å². The fourth-order valence-corrected chi connectivity index (χ4v) is 2.24. The monoisotopic (exact) mass is 270 g/mol. The number of rotatable bonds is 1. The van der Waals surface area contributed by atoms with Gasteiger partial charge in [0.05, 0.1) is 16.1 Å². The molecule has 1 aromatic carbocycles.